The summed E-state index contributed by atoms with van der Waals surface area (Å²) < 4.78 is 37.3. The van der Waals surface area contributed by atoms with Crippen molar-refractivity contribution in [2.75, 3.05) is 32.8 Å². The van der Waals surface area contributed by atoms with Gasteiger partial charge in [-0.1, -0.05) is 6.92 Å². The molecule has 7 heteroatoms. The van der Waals surface area contributed by atoms with Gasteiger partial charge in [0.2, 0.25) is 10.0 Å². The van der Waals surface area contributed by atoms with Crippen LogP contribution in [0.15, 0.2) is 15.4 Å². The monoisotopic (exact) mass is 302 g/mol. The van der Waals surface area contributed by atoms with E-state index in [1.807, 2.05) is 0 Å². The first kappa shape index (κ1) is 15.5. The predicted octanol–water partition coefficient (Wildman–Crippen LogP) is 1.11. The minimum absolute atomic E-state index is 0.271. The Labute approximate surface area is 120 Å². The fourth-order valence-electron chi connectivity index (χ4n) is 2.18. The molecular formula is C13H22N2O4S. The van der Waals surface area contributed by atoms with Crippen molar-refractivity contribution in [1.82, 2.24) is 9.62 Å². The van der Waals surface area contributed by atoms with Gasteiger partial charge in [0.25, 0.3) is 0 Å². The van der Waals surface area contributed by atoms with E-state index in [-0.39, 0.29) is 4.90 Å². The average molecular weight is 302 g/mol. The Bertz CT molecular complexity index is 533. The van der Waals surface area contributed by atoms with E-state index >= 15 is 0 Å². The normalized spacial score (nSPS) is 17.5. The molecule has 0 spiro atoms. The summed E-state index contributed by atoms with van der Waals surface area (Å²) >= 11 is 0. The summed E-state index contributed by atoms with van der Waals surface area (Å²) in [7, 11) is -3.47. The third-order valence-electron chi connectivity index (χ3n) is 3.24. The van der Waals surface area contributed by atoms with E-state index in [1.165, 1.54) is 4.31 Å². The molecule has 114 valence electrons. The highest BCUT2D eigenvalue weighted by molar-refractivity contribution is 7.89. The van der Waals surface area contributed by atoms with Crippen molar-refractivity contribution in [1.29, 1.82) is 0 Å². The number of nitrogens with one attached hydrogen (secondary N) is 1. The van der Waals surface area contributed by atoms with Crippen molar-refractivity contribution in [3.05, 3.63) is 17.6 Å². The van der Waals surface area contributed by atoms with Crippen LogP contribution in [0.3, 0.4) is 0 Å². The van der Waals surface area contributed by atoms with E-state index in [9.17, 15) is 8.42 Å². The number of hydrogen-bond acceptors (Lipinski definition) is 5. The number of morpholine rings is 1. The second-order valence-electron chi connectivity index (χ2n) is 4.83. The SMILES string of the molecule is CCCNCc1cc(S(=O)(=O)N2CCOCC2)c(C)o1. The molecular weight excluding hydrogens is 280 g/mol. The molecule has 2 heterocycles. The summed E-state index contributed by atoms with van der Waals surface area (Å²) in [5.74, 6) is 1.10. The lowest BCUT2D eigenvalue weighted by molar-refractivity contribution is 0.0730. The second kappa shape index (κ2) is 6.71. The number of rotatable bonds is 6. The third-order valence-corrected chi connectivity index (χ3v) is 5.24. The lowest BCUT2D eigenvalue weighted by Crippen LogP contribution is -2.40. The van der Waals surface area contributed by atoms with Crippen molar-refractivity contribution in [3.8, 4) is 0 Å². The first-order valence-electron chi connectivity index (χ1n) is 6.93. The molecule has 0 radical (unpaired) electrons. The van der Waals surface area contributed by atoms with E-state index in [2.05, 4.69) is 12.2 Å². The molecule has 1 aliphatic rings. The predicted molar refractivity (Wildman–Crippen MR) is 75.0 cm³/mol. The van der Waals surface area contributed by atoms with Crippen LogP contribution in [-0.4, -0.2) is 45.6 Å². The highest BCUT2D eigenvalue weighted by atomic mass is 32.2. The van der Waals surface area contributed by atoms with Gasteiger partial charge < -0.3 is 14.5 Å². The number of furan rings is 1. The van der Waals surface area contributed by atoms with Crippen LogP contribution in [0.1, 0.15) is 24.9 Å². The largest absolute Gasteiger partial charge is 0.464 e. The van der Waals surface area contributed by atoms with Gasteiger partial charge in [0.05, 0.1) is 19.8 Å². The Morgan fingerprint density at radius 3 is 2.70 bits per heavy atom. The fourth-order valence-corrected chi connectivity index (χ4v) is 3.78. The zero-order chi connectivity index (χ0) is 14.6. The summed E-state index contributed by atoms with van der Waals surface area (Å²) in [6, 6.07) is 1.63. The smallest absolute Gasteiger partial charge is 0.246 e. The van der Waals surface area contributed by atoms with Crippen LogP contribution in [0.25, 0.3) is 0 Å². The van der Waals surface area contributed by atoms with Crippen molar-refractivity contribution >= 4 is 10.0 Å². The lowest BCUT2D eigenvalue weighted by Gasteiger charge is -2.25. The molecule has 0 atom stereocenters. The highest BCUT2D eigenvalue weighted by Crippen LogP contribution is 2.24. The van der Waals surface area contributed by atoms with Gasteiger partial charge in [-0.05, 0) is 19.9 Å². The maximum Gasteiger partial charge on any atom is 0.246 e. The van der Waals surface area contributed by atoms with Crippen LogP contribution in [-0.2, 0) is 21.3 Å². The maximum atomic E-state index is 12.5. The van der Waals surface area contributed by atoms with Gasteiger partial charge in [0.1, 0.15) is 16.4 Å². The van der Waals surface area contributed by atoms with Crippen LogP contribution >= 0.6 is 0 Å². The summed E-state index contributed by atoms with van der Waals surface area (Å²) in [4.78, 5) is 0.271. The first-order chi connectivity index (χ1) is 9.55. The molecule has 1 fully saturated rings. The summed E-state index contributed by atoms with van der Waals surface area (Å²) in [6.07, 6.45) is 1.03. The molecule has 0 unspecified atom stereocenters. The van der Waals surface area contributed by atoms with E-state index in [0.717, 1.165) is 13.0 Å². The third kappa shape index (κ3) is 3.41. The van der Waals surface area contributed by atoms with E-state index in [4.69, 9.17) is 9.15 Å². The Hall–Kier alpha value is -0.890. The van der Waals surface area contributed by atoms with Crippen LogP contribution < -0.4 is 5.32 Å². The topological polar surface area (TPSA) is 71.8 Å². The first-order valence-corrected chi connectivity index (χ1v) is 8.37. The summed E-state index contributed by atoms with van der Waals surface area (Å²) in [6.45, 7) is 6.89. The Morgan fingerprint density at radius 1 is 1.35 bits per heavy atom. The number of sulfonamides is 1. The highest BCUT2D eigenvalue weighted by Gasteiger charge is 2.29. The standard InChI is InChI=1S/C13H22N2O4S/c1-3-4-14-10-12-9-13(11(2)19-12)20(16,17)15-5-7-18-8-6-15/h9,14H,3-8,10H2,1-2H3. The maximum absolute atomic E-state index is 12.5. The number of hydrogen-bond donors (Lipinski definition) is 1. The van der Waals surface area contributed by atoms with Gasteiger partial charge in [-0.3, -0.25) is 0 Å². The quantitative estimate of drug-likeness (QED) is 0.797. The number of ether oxygens (including phenoxy) is 1. The van der Waals surface area contributed by atoms with Gasteiger partial charge in [0, 0.05) is 19.2 Å². The molecule has 20 heavy (non-hydrogen) atoms. The Balaban J connectivity index is 2.14. The molecule has 1 aromatic heterocycles. The Morgan fingerprint density at radius 2 is 2.05 bits per heavy atom. The molecule has 6 nitrogen and oxygen atoms in total. The fraction of sp³-hybridized carbons (Fsp3) is 0.692. The molecule has 2 rings (SSSR count). The van der Waals surface area contributed by atoms with Crippen molar-refractivity contribution in [2.45, 2.75) is 31.7 Å². The summed E-state index contributed by atoms with van der Waals surface area (Å²) in [5.41, 5.74) is 0. The molecule has 0 aromatic carbocycles. The Kier molecular flexibility index (Phi) is 5.20. The molecule has 1 aromatic rings. The van der Waals surface area contributed by atoms with Crippen molar-refractivity contribution in [2.24, 2.45) is 0 Å². The van der Waals surface area contributed by atoms with Crippen LogP contribution in [0.2, 0.25) is 0 Å². The zero-order valence-electron chi connectivity index (χ0n) is 12.0. The van der Waals surface area contributed by atoms with Gasteiger partial charge in [-0.2, -0.15) is 4.31 Å². The van der Waals surface area contributed by atoms with Gasteiger partial charge in [0.15, 0.2) is 0 Å². The second-order valence-corrected chi connectivity index (χ2v) is 6.73. The molecule has 0 saturated carbocycles. The molecule has 0 bridgehead atoms. The van der Waals surface area contributed by atoms with Gasteiger partial charge in [-0.25, -0.2) is 8.42 Å². The zero-order valence-corrected chi connectivity index (χ0v) is 12.8. The molecule has 0 aliphatic carbocycles. The van der Waals surface area contributed by atoms with Gasteiger partial charge >= 0.3 is 0 Å². The van der Waals surface area contributed by atoms with E-state index in [0.29, 0.717) is 44.4 Å². The molecule has 1 aliphatic heterocycles. The molecule has 0 amide bonds. The van der Waals surface area contributed by atoms with Crippen LogP contribution in [0.5, 0.6) is 0 Å². The van der Waals surface area contributed by atoms with Crippen molar-refractivity contribution in [3.63, 3.8) is 0 Å². The van der Waals surface area contributed by atoms with Gasteiger partial charge in [-0.15, -0.1) is 0 Å². The van der Waals surface area contributed by atoms with E-state index in [1.54, 1.807) is 13.0 Å². The number of aryl methyl sites for hydroxylation is 1. The summed E-state index contributed by atoms with van der Waals surface area (Å²) in [5, 5.41) is 3.20. The van der Waals surface area contributed by atoms with Crippen molar-refractivity contribution < 1.29 is 17.6 Å². The van der Waals surface area contributed by atoms with E-state index < -0.39 is 10.0 Å². The minimum Gasteiger partial charge on any atom is -0.464 e. The molecule has 1 saturated heterocycles. The number of nitrogens with zero attached hydrogens (tertiary/aromatic N) is 1. The average Bonchev–Trinajstić information content (AvgIpc) is 2.82. The van der Waals surface area contributed by atoms with Crippen LogP contribution in [0, 0.1) is 6.92 Å². The lowest BCUT2D eigenvalue weighted by atomic mass is 10.4. The molecule has 1 N–H and O–H groups in total. The minimum atomic E-state index is -3.47. The van der Waals surface area contributed by atoms with Crippen LogP contribution in [0.4, 0.5) is 0 Å².